The van der Waals surface area contributed by atoms with E-state index in [1.165, 1.54) is 0 Å². The fourth-order valence-electron chi connectivity index (χ4n) is 2.62. The molecule has 2 amide bonds. The van der Waals surface area contributed by atoms with Gasteiger partial charge in [0.25, 0.3) is 11.1 Å². The highest BCUT2D eigenvalue weighted by Crippen LogP contribution is 2.37. The van der Waals surface area contributed by atoms with Crippen LogP contribution in [0, 0.1) is 0 Å². The number of anilines is 1. The molecule has 0 N–H and O–H groups in total. The Morgan fingerprint density at radius 2 is 1.77 bits per heavy atom. The normalized spacial score (nSPS) is 15.9. The lowest BCUT2D eigenvalue weighted by molar-refractivity contribution is -0.113. The summed E-state index contributed by atoms with van der Waals surface area (Å²) in [5.41, 5.74) is 1.40. The fourth-order valence-corrected chi connectivity index (χ4v) is 3.63. The number of benzene rings is 2. The lowest BCUT2D eigenvalue weighted by atomic mass is 10.2. The minimum Gasteiger partial charge on any atom is -0.457 e. The average Bonchev–Trinajstić information content (AvgIpc) is 3.21. The molecule has 1 aromatic heterocycles. The van der Waals surface area contributed by atoms with E-state index in [9.17, 15) is 9.59 Å². The lowest BCUT2D eigenvalue weighted by Crippen LogP contribution is -2.27. The fraction of sp³-hybridized carbons (Fsp3) is 0. The SMILES string of the molecule is O=C1S/C(=C/c2ccc(-c3ccccc3)o2)C(=O)N1c1cccc(Cl)c1. The van der Waals surface area contributed by atoms with Crippen LogP contribution < -0.4 is 4.90 Å². The van der Waals surface area contributed by atoms with Crippen LogP contribution in [0.4, 0.5) is 10.5 Å². The Balaban J connectivity index is 1.62. The molecule has 2 heterocycles. The largest absolute Gasteiger partial charge is 0.457 e. The Morgan fingerprint density at radius 1 is 0.962 bits per heavy atom. The molecule has 1 aliphatic rings. The molecular weight excluding hydrogens is 370 g/mol. The van der Waals surface area contributed by atoms with E-state index in [1.54, 1.807) is 36.4 Å². The number of furan rings is 1. The van der Waals surface area contributed by atoms with Gasteiger partial charge in [0.1, 0.15) is 11.5 Å². The van der Waals surface area contributed by atoms with Gasteiger partial charge in [0.15, 0.2) is 0 Å². The third kappa shape index (κ3) is 3.19. The van der Waals surface area contributed by atoms with Crippen LogP contribution in [-0.4, -0.2) is 11.1 Å². The molecule has 0 aliphatic carbocycles. The van der Waals surface area contributed by atoms with Gasteiger partial charge >= 0.3 is 0 Å². The number of carbonyl (C=O) groups excluding carboxylic acids is 2. The van der Waals surface area contributed by atoms with Gasteiger partial charge in [-0.25, -0.2) is 4.90 Å². The molecular formula is C20H12ClNO3S. The molecule has 0 bridgehead atoms. The van der Waals surface area contributed by atoms with Crippen molar-refractivity contribution >= 4 is 46.3 Å². The number of halogens is 1. The van der Waals surface area contributed by atoms with Gasteiger partial charge in [-0.1, -0.05) is 48.0 Å². The molecule has 0 radical (unpaired) electrons. The monoisotopic (exact) mass is 381 g/mol. The van der Waals surface area contributed by atoms with E-state index in [2.05, 4.69) is 0 Å². The predicted molar refractivity (Wildman–Crippen MR) is 104 cm³/mol. The van der Waals surface area contributed by atoms with Crippen molar-refractivity contribution in [3.63, 3.8) is 0 Å². The minimum absolute atomic E-state index is 0.309. The van der Waals surface area contributed by atoms with Crippen LogP contribution in [0.5, 0.6) is 0 Å². The zero-order chi connectivity index (χ0) is 18.1. The van der Waals surface area contributed by atoms with Crippen LogP contribution in [-0.2, 0) is 4.79 Å². The maximum atomic E-state index is 12.6. The van der Waals surface area contributed by atoms with Gasteiger partial charge in [-0.05, 0) is 42.1 Å². The van der Waals surface area contributed by atoms with Gasteiger partial charge in [-0.2, -0.15) is 0 Å². The number of hydrogen-bond donors (Lipinski definition) is 0. The molecule has 3 aromatic rings. The summed E-state index contributed by atoms with van der Waals surface area (Å²) in [5, 5.41) is 0.0995. The molecule has 0 spiro atoms. The number of hydrogen-bond acceptors (Lipinski definition) is 4. The summed E-state index contributed by atoms with van der Waals surface area (Å²) in [4.78, 5) is 26.3. The van der Waals surface area contributed by atoms with Crippen molar-refractivity contribution in [2.75, 3.05) is 4.90 Å². The summed E-state index contributed by atoms with van der Waals surface area (Å²) in [6.45, 7) is 0. The van der Waals surface area contributed by atoms with Crippen LogP contribution in [0.15, 0.2) is 76.1 Å². The van der Waals surface area contributed by atoms with Crippen LogP contribution >= 0.6 is 23.4 Å². The zero-order valence-electron chi connectivity index (χ0n) is 13.4. The van der Waals surface area contributed by atoms with Crippen LogP contribution in [0.3, 0.4) is 0 Å². The van der Waals surface area contributed by atoms with Crippen LogP contribution in [0.25, 0.3) is 17.4 Å². The summed E-state index contributed by atoms with van der Waals surface area (Å²) in [7, 11) is 0. The first-order valence-electron chi connectivity index (χ1n) is 7.80. The molecule has 4 rings (SSSR count). The number of rotatable bonds is 3. The summed E-state index contributed by atoms with van der Waals surface area (Å²) < 4.78 is 5.78. The van der Waals surface area contributed by atoms with Gasteiger partial charge in [-0.3, -0.25) is 9.59 Å². The second-order valence-electron chi connectivity index (χ2n) is 5.57. The highest BCUT2D eigenvalue weighted by atomic mass is 35.5. The average molecular weight is 382 g/mol. The summed E-state index contributed by atoms with van der Waals surface area (Å²) in [5.74, 6) is 0.825. The Hall–Kier alpha value is -2.76. The standard InChI is InChI=1S/C20H12ClNO3S/c21-14-7-4-8-15(11-14)22-19(23)18(26-20(22)24)12-16-9-10-17(25-16)13-5-2-1-3-6-13/h1-12H/b18-12+. The molecule has 1 fully saturated rings. The third-order valence-corrected chi connectivity index (χ3v) is 4.92. The Kier molecular flexibility index (Phi) is 4.41. The summed E-state index contributed by atoms with van der Waals surface area (Å²) in [6, 6.07) is 19.9. The van der Waals surface area contributed by atoms with Crippen molar-refractivity contribution in [2.24, 2.45) is 0 Å². The van der Waals surface area contributed by atoms with Crippen molar-refractivity contribution in [3.8, 4) is 11.3 Å². The lowest BCUT2D eigenvalue weighted by Gasteiger charge is -2.12. The highest BCUT2D eigenvalue weighted by Gasteiger charge is 2.36. The van der Waals surface area contributed by atoms with E-state index in [0.29, 0.717) is 27.1 Å². The molecule has 0 atom stereocenters. The smallest absolute Gasteiger partial charge is 0.298 e. The van der Waals surface area contributed by atoms with Gasteiger partial charge in [0.2, 0.25) is 0 Å². The molecule has 128 valence electrons. The Bertz CT molecular complexity index is 1030. The first-order valence-corrected chi connectivity index (χ1v) is 9.00. The highest BCUT2D eigenvalue weighted by molar-refractivity contribution is 8.19. The van der Waals surface area contributed by atoms with Crippen molar-refractivity contribution < 1.29 is 14.0 Å². The van der Waals surface area contributed by atoms with E-state index in [0.717, 1.165) is 22.2 Å². The van der Waals surface area contributed by atoms with Crippen molar-refractivity contribution in [2.45, 2.75) is 0 Å². The number of thioether (sulfide) groups is 1. The summed E-state index contributed by atoms with van der Waals surface area (Å²) in [6.07, 6.45) is 1.59. The van der Waals surface area contributed by atoms with Crippen molar-refractivity contribution in [3.05, 3.63) is 82.4 Å². The Labute approximate surface area is 159 Å². The van der Waals surface area contributed by atoms with Crippen molar-refractivity contribution in [1.29, 1.82) is 0 Å². The van der Waals surface area contributed by atoms with Crippen molar-refractivity contribution in [1.82, 2.24) is 0 Å². The second kappa shape index (κ2) is 6.86. The van der Waals surface area contributed by atoms with Crippen LogP contribution in [0.2, 0.25) is 5.02 Å². The van der Waals surface area contributed by atoms with E-state index >= 15 is 0 Å². The molecule has 1 saturated heterocycles. The first-order chi connectivity index (χ1) is 12.6. The second-order valence-corrected chi connectivity index (χ2v) is 6.99. The van der Waals surface area contributed by atoms with Crippen LogP contribution in [0.1, 0.15) is 5.76 Å². The van der Waals surface area contributed by atoms with Gasteiger partial charge in [-0.15, -0.1) is 0 Å². The molecule has 0 saturated carbocycles. The molecule has 26 heavy (non-hydrogen) atoms. The quantitative estimate of drug-likeness (QED) is 0.535. The number of imide groups is 1. The summed E-state index contributed by atoms with van der Waals surface area (Å²) >= 11 is 6.84. The van der Waals surface area contributed by atoms with Gasteiger partial charge < -0.3 is 4.42 Å². The topological polar surface area (TPSA) is 50.5 Å². The number of nitrogens with zero attached hydrogens (tertiary/aromatic N) is 1. The maximum Gasteiger partial charge on any atom is 0.298 e. The predicted octanol–water partition coefficient (Wildman–Crippen LogP) is 5.84. The number of amides is 2. The van der Waals surface area contributed by atoms with E-state index in [1.807, 2.05) is 36.4 Å². The molecule has 0 unspecified atom stereocenters. The third-order valence-electron chi connectivity index (χ3n) is 3.82. The number of carbonyl (C=O) groups is 2. The van der Waals surface area contributed by atoms with E-state index in [-0.39, 0.29) is 11.1 Å². The van der Waals surface area contributed by atoms with Gasteiger partial charge in [0.05, 0.1) is 10.6 Å². The molecule has 4 nitrogen and oxygen atoms in total. The Morgan fingerprint density at radius 3 is 2.54 bits per heavy atom. The molecule has 2 aromatic carbocycles. The van der Waals surface area contributed by atoms with E-state index in [4.69, 9.17) is 16.0 Å². The molecule has 6 heteroatoms. The van der Waals surface area contributed by atoms with E-state index < -0.39 is 0 Å². The molecule has 1 aliphatic heterocycles. The maximum absolute atomic E-state index is 12.6. The first kappa shape index (κ1) is 16.7. The zero-order valence-corrected chi connectivity index (χ0v) is 15.0. The minimum atomic E-state index is -0.389. The van der Waals surface area contributed by atoms with Gasteiger partial charge in [0, 0.05) is 16.7 Å².